The summed E-state index contributed by atoms with van der Waals surface area (Å²) in [6, 6.07) is 0.748. The van der Waals surface area contributed by atoms with E-state index in [-0.39, 0.29) is 0 Å². The van der Waals surface area contributed by atoms with Gasteiger partial charge in [-0.1, -0.05) is 26.2 Å². The highest BCUT2D eigenvalue weighted by Crippen LogP contribution is 2.54. The summed E-state index contributed by atoms with van der Waals surface area (Å²) in [5, 5.41) is 3.70. The van der Waals surface area contributed by atoms with E-state index in [1.807, 2.05) is 0 Å². The Morgan fingerprint density at radius 2 is 1.88 bits per heavy atom. The molecule has 0 bridgehead atoms. The third-order valence-corrected chi connectivity index (χ3v) is 5.43. The van der Waals surface area contributed by atoms with E-state index in [4.69, 9.17) is 4.74 Å². The number of nitrogens with one attached hydrogen (secondary N) is 1. The first-order valence-corrected chi connectivity index (χ1v) is 7.74. The minimum atomic E-state index is 0.518. The molecular formula is C15H27NO. The summed E-state index contributed by atoms with van der Waals surface area (Å²) < 4.78 is 6.35. The van der Waals surface area contributed by atoms with Crippen LogP contribution in [0.3, 0.4) is 0 Å². The van der Waals surface area contributed by atoms with Crippen LogP contribution in [0.4, 0.5) is 0 Å². The monoisotopic (exact) mass is 237 g/mol. The standard InChI is InChI=1S/C15H27NO/c1-2-16-13-11-14(17-12-7-6-8-12)15(13)9-4-3-5-10-15/h12-14,16H,2-11H2,1H3. The van der Waals surface area contributed by atoms with Crippen LogP contribution in [0.1, 0.15) is 64.7 Å². The maximum Gasteiger partial charge on any atom is 0.0665 e. The van der Waals surface area contributed by atoms with E-state index < -0.39 is 0 Å². The Balaban J connectivity index is 1.63. The fourth-order valence-corrected chi connectivity index (χ4v) is 4.09. The van der Waals surface area contributed by atoms with Gasteiger partial charge in [-0.15, -0.1) is 0 Å². The average molecular weight is 237 g/mol. The molecule has 98 valence electrons. The molecule has 2 unspecified atom stereocenters. The molecule has 3 aliphatic carbocycles. The van der Waals surface area contributed by atoms with Crippen molar-refractivity contribution < 1.29 is 4.74 Å². The third kappa shape index (κ3) is 2.04. The Labute approximate surface area is 105 Å². The number of ether oxygens (including phenoxy) is 1. The second-order valence-electron chi connectivity index (χ2n) is 6.32. The molecule has 0 aromatic carbocycles. The van der Waals surface area contributed by atoms with Gasteiger partial charge in [0.25, 0.3) is 0 Å². The van der Waals surface area contributed by atoms with Crippen molar-refractivity contribution in [2.75, 3.05) is 6.54 Å². The maximum absolute atomic E-state index is 6.35. The lowest BCUT2D eigenvalue weighted by molar-refractivity contribution is -0.189. The summed E-state index contributed by atoms with van der Waals surface area (Å²) in [7, 11) is 0. The van der Waals surface area contributed by atoms with Gasteiger partial charge < -0.3 is 10.1 Å². The highest BCUT2D eigenvalue weighted by atomic mass is 16.5. The highest BCUT2D eigenvalue weighted by Gasteiger charge is 2.55. The third-order valence-electron chi connectivity index (χ3n) is 5.43. The fraction of sp³-hybridized carbons (Fsp3) is 1.00. The van der Waals surface area contributed by atoms with Crippen LogP contribution >= 0.6 is 0 Å². The molecule has 2 heteroatoms. The smallest absolute Gasteiger partial charge is 0.0665 e. The summed E-state index contributed by atoms with van der Waals surface area (Å²) in [6.07, 6.45) is 13.6. The van der Waals surface area contributed by atoms with E-state index in [9.17, 15) is 0 Å². The van der Waals surface area contributed by atoms with Crippen molar-refractivity contribution in [3.8, 4) is 0 Å². The zero-order valence-electron chi connectivity index (χ0n) is 11.2. The predicted octanol–water partition coefficient (Wildman–Crippen LogP) is 3.26. The summed E-state index contributed by atoms with van der Waals surface area (Å²) >= 11 is 0. The van der Waals surface area contributed by atoms with Crippen molar-refractivity contribution in [3.05, 3.63) is 0 Å². The molecule has 2 nitrogen and oxygen atoms in total. The van der Waals surface area contributed by atoms with Crippen molar-refractivity contribution in [1.29, 1.82) is 0 Å². The Morgan fingerprint density at radius 1 is 1.12 bits per heavy atom. The topological polar surface area (TPSA) is 21.3 Å². The van der Waals surface area contributed by atoms with E-state index >= 15 is 0 Å². The van der Waals surface area contributed by atoms with Crippen LogP contribution in [0.5, 0.6) is 0 Å². The second kappa shape index (κ2) is 4.89. The maximum atomic E-state index is 6.35. The molecule has 0 aromatic rings. The van der Waals surface area contributed by atoms with Crippen molar-refractivity contribution in [1.82, 2.24) is 5.32 Å². The second-order valence-corrected chi connectivity index (χ2v) is 6.32. The van der Waals surface area contributed by atoms with Gasteiger partial charge >= 0.3 is 0 Å². The first-order valence-electron chi connectivity index (χ1n) is 7.74. The SMILES string of the molecule is CCNC1CC(OC2CCC2)C12CCCCC2. The molecule has 17 heavy (non-hydrogen) atoms. The van der Waals surface area contributed by atoms with Gasteiger partial charge in [-0.05, 0) is 45.1 Å². The van der Waals surface area contributed by atoms with E-state index in [1.54, 1.807) is 0 Å². The number of rotatable bonds is 4. The minimum absolute atomic E-state index is 0.518. The molecule has 1 spiro atoms. The van der Waals surface area contributed by atoms with Crippen LogP contribution in [0, 0.1) is 5.41 Å². The van der Waals surface area contributed by atoms with Gasteiger partial charge in [-0.2, -0.15) is 0 Å². The van der Waals surface area contributed by atoms with E-state index in [1.165, 1.54) is 57.8 Å². The summed E-state index contributed by atoms with van der Waals surface area (Å²) in [5.74, 6) is 0. The lowest BCUT2D eigenvalue weighted by atomic mass is 9.55. The Morgan fingerprint density at radius 3 is 2.47 bits per heavy atom. The van der Waals surface area contributed by atoms with Crippen molar-refractivity contribution >= 4 is 0 Å². The van der Waals surface area contributed by atoms with E-state index in [0.717, 1.165) is 12.6 Å². The molecule has 0 amide bonds. The zero-order chi connectivity index (χ0) is 11.7. The van der Waals surface area contributed by atoms with Gasteiger partial charge in [-0.25, -0.2) is 0 Å². The largest absolute Gasteiger partial charge is 0.374 e. The molecule has 2 atom stereocenters. The molecule has 3 fully saturated rings. The summed E-state index contributed by atoms with van der Waals surface area (Å²) in [5.41, 5.74) is 0.518. The van der Waals surface area contributed by atoms with Crippen LogP contribution in [-0.4, -0.2) is 24.8 Å². The molecule has 3 aliphatic rings. The lowest BCUT2D eigenvalue weighted by Gasteiger charge is -2.59. The molecule has 3 saturated carbocycles. The van der Waals surface area contributed by atoms with Crippen LogP contribution in [0.2, 0.25) is 0 Å². The quantitative estimate of drug-likeness (QED) is 0.810. The Kier molecular flexibility index (Phi) is 3.45. The summed E-state index contributed by atoms with van der Waals surface area (Å²) in [6.45, 7) is 3.35. The normalized spacial score (nSPS) is 36.5. The van der Waals surface area contributed by atoms with Crippen LogP contribution < -0.4 is 5.32 Å². The fourth-order valence-electron chi connectivity index (χ4n) is 4.09. The van der Waals surface area contributed by atoms with Gasteiger partial charge in [0.1, 0.15) is 0 Å². The Bertz CT molecular complexity index is 256. The van der Waals surface area contributed by atoms with Gasteiger partial charge in [0.15, 0.2) is 0 Å². The Hall–Kier alpha value is -0.0800. The molecule has 0 radical (unpaired) electrons. The van der Waals surface area contributed by atoms with Gasteiger partial charge in [-0.3, -0.25) is 0 Å². The van der Waals surface area contributed by atoms with Crippen molar-refractivity contribution in [3.63, 3.8) is 0 Å². The van der Waals surface area contributed by atoms with Gasteiger partial charge in [0.05, 0.1) is 12.2 Å². The number of hydrogen-bond acceptors (Lipinski definition) is 2. The van der Waals surface area contributed by atoms with Crippen molar-refractivity contribution in [2.24, 2.45) is 5.41 Å². The lowest BCUT2D eigenvalue weighted by Crippen LogP contribution is -2.65. The van der Waals surface area contributed by atoms with Gasteiger partial charge in [0.2, 0.25) is 0 Å². The predicted molar refractivity (Wildman–Crippen MR) is 70.1 cm³/mol. The molecule has 0 saturated heterocycles. The number of hydrogen-bond donors (Lipinski definition) is 1. The van der Waals surface area contributed by atoms with Crippen molar-refractivity contribution in [2.45, 2.75) is 83.0 Å². The minimum Gasteiger partial charge on any atom is -0.374 e. The molecule has 0 heterocycles. The average Bonchev–Trinajstić information content (AvgIpc) is 2.31. The molecule has 3 rings (SSSR count). The van der Waals surface area contributed by atoms with E-state index in [0.29, 0.717) is 17.6 Å². The molecule has 0 aliphatic heterocycles. The zero-order valence-corrected chi connectivity index (χ0v) is 11.2. The first kappa shape index (κ1) is 12.0. The van der Waals surface area contributed by atoms with Crippen LogP contribution in [0.15, 0.2) is 0 Å². The molecule has 1 N–H and O–H groups in total. The molecular weight excluding hydrogens is 210 g/mol. The van der Waals surface area contributed by atoms with E-state index in [2.05, 4.69) is 12.2 Å². The molecule has 0 aromatic heterocycles. The first-order chi connectivity index (χ1) is 8.35. The van der Waals surface area contributed by atoms with Crippen LogP contribution in [-0.2, 0) is 4.74 Å². The van der Waals surface area contributed by atoms with Crippen LogP contribution in [0.25, 0.3) is 0 Å². The summed E-state index contributed by atoms with van der Waals surface area (Å²) in [4.78, 5) is 0. The van der Waals surface area contributed by atoms with Gasteiger partial charge in [0, 0.05) is 11.5 Å². The highest BCUT2D eigenvalue weighted by molar-refractivity contribution is 5.09.